The first-order valence-electron chi connectivity index (χ1n) is 7.37. The van der Waals surface area contributed by atoms with Crippen molar-refractivity contribution in [1.29, 1.82) is 0 Å². The lowest BCUT2D eigenvalue weighted by atomic mass is 10.2. The number of nitrogens with one attached hydrogen (secondary N) is 1. The van der Waals surface area contributed by atoms with Crippen LogP contribution in [-0.4, -0.2) is 9.97 Å². The van der Waals surface area contributed by atoms with Crippen molar-refractivity contribution in [1.82, 2.24) is 9.97 Å². The van der Waals surface area contributed by atoms with Gasteiger partial charge >= 0.3 is 0 Å². The first-order valence-corrected chi connectivity index (χ1v) is 8.19. The van der Waals surface area contributed by atoms with Crippen molar-refractivity contribution in [2.75, 3.05) is 5.73 Å². The lowest BCUT2D eigenvalue weighted by Crippen LogP contribution is -1.88. The van der Waals surface area contributed by atoms with E-state index in [4.69, 9.17) is 10.7 Å². The number of aromatic amines is 1. The summed E-state index contributed by atoms with van der Waals surface area (Å²) >= 11 is 1.66. The highest BCUT2D eigenvalue weighted by atomic mass is 32.2. The Labute approximate surface area is 138 Å². The SMILES string of the molecule is Nc1cc2[nH]c(-c3ccccc3)nc2cc1Sc1ccccc1. The maximum atomic E-state index is 6.21. The molecule has 1 heterocycles. The monoisotopic (exact) mass is 317 g/mol. The maximum absolute atomic E-state index is 6.21. The first kappa shape index (κ1) is 13.9. The zero-order valence-corrected chi connectivity index (χ0v) is 13.2. The number of imidazole rings is 1. The van der Waals surface area contributed by atoms with E-state index in [1.807, 2.05) is 60.7 Å². The molecule has 0 atom stereocenters. The van der Waals surface area contributed by atoms with E-state index in [-0.39, 0.29) is 0 Å². The van der Waals surface area contributed by atoms with E-state index in [0.717, 1.165) is 37.9 Å². The normalized spacial score (nSPS) is 11.0. The molecule has 4 heteroatoms. The molecule has 0 fully saturated rings. The van der Waals surface area contributed by atoms with Gasteiger partial charge in [-0.15, -0.1) is 0 Å². The predicted octanol–water partition coefficient (Wildman–Crippen LogP) is 4.96. The summed E-state index contributed by atoms with van der Waals surface area (Å²) in [5.74, 6) is 0.863. The number of nitrogen functional groups attached to an aromatic ring is 1. The standard InChI is InChI=1S/C19H15N3S/c20-15-11-16-17(12-18(15)23-14-9-5-2-6-10-14)22-19(21-16)13-7-3-1-4-8-13/h1-12H,20H2,(H,21,22). The van der Waals surface area contributed by atoms with E-state index in [2.05, 4.69) is 17.1 Å². The topological polar surface area (TPSA) is 54.7 Å². The fourth-order valence-electron chi connectivity index (χ4n) is 2.49. The van der Waals surface area contributed by atoms with E-state index in [1.54, 1.807) is 11.8 Å². The Morgan fingerprint density at radius 2 is 1.57 bits per heavy atom. The molecule has 0 aliphatic heterocycles. The molecule has 0 aliphatic carbocycles. The third kappa shape index (κ3) is 2.81. The lowest BCUT2D eigenvalue weighted by Gasteiger charge is -2.05. The lowest BCUT2D eigenvalue weighted by molar-refractivity contribution is 1.33. The van der Waals surface area contributed by atoms with E-state index in [9.17, 15) is 0 Å². The van der Waals surface area contributed by atoms with E-state index in [0.29, 0.717) is 0 Å². The largest absolute Gasteiger partial charge is 0.398 e. The van der Waals surface area contributed by atoms with Crippen LogP contribution in [0.1, 0.15) is 0 Å². The summed E-state index contributed by atoms with van der Waals surface area (Å²) in [6, 6.07) is 24.3. The number of rotatable bonds is 3. The highest BCUT2D eigenvalue weighted by Crippen LogP contribution is 2.35. The Balaban J connectivity index is 1.75. The number of H-pyrrole nitrogens is 1. The molecular weight excluding hydrogens is 302 g/mol. The second-order valence-corrected chi connectivity index (χ2v) is 6.39. The fourth-order valence-corrected chi connectivity index (χ4v) is 3.39. The highest BCUT2D eigenvalue weighted by Gasteiger charge is 2.09. The molecule has 0 bridgehead atoms. The molecule has 3 N–H and O–H groups in total. The highest BCUT2D eigenvalue weighted by molar-refractivity contribution is 7.99. The summed E-state index contributed by atoms with van der Waals surface area (Å²) in [6.45, 7) is 0. The van der Waals surface area contributed by atoms with Crippen LogP contribution in [-0.2, 0) is 0 Å². The van der Waals surface area contributed by atoms with Gasteiger partial charge in [0.25, 0.3) is 0 Å². The Morgan fingerprint density at radius 1 is 0.870 bits per heavy atom. The molecule has 3 nitrogen and oxygen atoms in total. The fraction of sp³-hybridized carbons (Fsp3) is 0. The minimum absolute atomic E-state index is 0.759. The number of hydrogen-bond donors (Lipinski definition) is 2. The van der Waals surface area contributed by atoms with Gasteiger partial charge in [-0.05, 0) is 24.3 Å². The molecule has 0 unspecified atom stereocenters. The van der Waals surface area contributed by atoms with Crippen LogP contribution >= 0.6 is 11.8 Å². The van der Waals surface area contributed by atoms with Crippen LogP contribution < -0.4 is 5.73 Å². The minimum atomic E-state index is 0.759. The summed E-state index contributed by atoms with van der Waals surface area (Å²) in [5.41, 5.74) is 9.93. The summed E-state index contributed by atoms with van der Waals surface area (Å²) in [6.07, 6.45) is 0. The van der Waals surface area contributed by atoms with Gasteiger partial charge in [-0.1, -0.05) is 60.3 Å². The van der Waals surface area contributed by atoms with Gasteiger partial charge in [0.1, 0.15) is 5.82 Å². The molecule has 112 valence electrons. The Bertz CT molecular complexity index is 946. The quantitative estimate of drug-likeness (QED) is 0.525. The zero-order chi connectivity index (χ0) is 15.6. The van der Waals surface area contributed by atoms with Gasteiger partial charge in [0, 0.05) is 21.0 Å². The third-order valence-electron chi connectivity index (χ3n) is 3.63. The number of aromatic nitrogens is 2. The van der Waals surface area contributed by atoms with Gasteiger partial charge in [0.05, 0.1) is 11.0 Å². The maximum Gasteiger partial charge on any atom is 0.138 e. The van der Waals surface area contributed by atoms with Crippen LogP contribution in [0.5, 0.6) is 0 Å². The van der Waals surface area contributed by atoms with Crippen molar-refractivity contribution in [3.05, 3.63) is 72.8 Å². The minimum Gasteiger partial charge on any atom is -0.398 e. The number of benzene rings is 3. The molecule has 23 heavy (non-hydrogen) atoms. The van der Waals surface area contributed by atoms with Crippen molar-refractivity contribution >= 4 is 28.5 Å². The molecule has 3 aromatic carbocycles. The zero-order valence-electron chi connectivity index (χ0n) is 12.4. The number of fused-ring (bicyclic) bond motifs is 1. The molecule has 4 aromatic rings. The van der Waals surface area contributed by atoms with E-state index >= 15 is 0 Å². The van der Waals surface area contributed by atoms with Crippen LogP contribution in [0.4, 0.5) is 5.69 Å². The van der Waals surface area contributed by atoms with E-state index < -0.39 is 0 Å². The molecular formula is C19H15N3S. The summed E-state index contributed by atoms with van der Waals surface area (Å²) in [4.78, 5) is 10.2. The Hall–Kier alpha value is -2.72. The van der Waals surface area contributed by atoms with E-state index in [1.165, 1.54) is 0 Å². The van der Waals surface area contributed by atoms with Crippen LogP contribution in [0.2, 0.25) is 0 Å². The average molecular weight is 317 g/mol. The second kappa shape index (κ2) is 5.82. The molecule has 0 saturated carbocycles. The van der Waals surface area contributed by atoms with Gasteiger partial charge in [0.15, 0.2) is 0 Å². The number of hydrogen-bond acceptors (Lipinski definition) is 3. The number of anilines is 1. The molecule has 4 rings (SSSR count). The molecule has 0 radical (unpaired) electrons. The molecule has 0 aliphatic rings. The van der Waals surface area contributed by atoms with Crippen molar-refractivity contribution in [2.24, 2.45) is 0 Å². The van der Waals surface area contributed by atoms with Crippen LogP contribution in [0.15, 0.2) is 82.6 Å². The van der Waals surface area contributed by atoms with Crippen LogP contribution in [0.25, 0.3) is 22.4 Å². The van der Waals surface area contributed by atoms with Crippen molar-refractivity contribution in [3.63, 3.8) is 0 Å². The van der Waals surface area contributed by atoms with Crippen molar-refractivity contribution in [2.45, 2.75) is 9.79 Å². The van der Waals surface area contributed by atoms with Crippen LogP contribution in [0.3, 0.4) is 0 Å². The predicted molar refractivity (Wildman–Crippen MR) is 96.5 cm³/mol. The third-order valence-corrected chi connectivity index (χ3v) is 4.71. The first-order chi connectivity index (χ1) is 11.3. The Morgan fingerprint density at radius 3 is 2.30 bits per heavy atom. The molecule has 0 spiro atoms. The summed E-state index contributed by atoms with van der Waals surface area (Å²) in [7, 11) is 0. The Kier molecular flexibility index (Phi) is 3.52. The van der Waals surface area contributed by atoms with Crippen LogP contribution in [0, 0.1) is 0 Å². The van der Waals surface area contributed by atoms with Crippen molar-refractivity contribution < 1.29 is 0 Å². The number of nitrogens with zero attached hydrogens (tertiary/aromatic N) is 1. The second-order valence-electron chi connectivity index (χ2n) is 5.27. The summed E-state index contributed by atoms with van der Waals surface area (Å²) in [5, 5.41) is 0. The average Bonchev–Trinajstić information content (AvgIpc) is 3.00. The smallest absolute Gasteiger partial charge is 0.138 e. The van der Waals surface area contributed by atoms with Gasteiger partial charge in [-0.25, -0.2) is 4.98 Å². The number of nitrogens with two attached hydrogens (primary N) is 1. The molecule has 0 saturated heterocycles. The van der Waals surface area contributed by atoms with Gasteiger partial charge in [-0.3, -0.25) is 0 Å². The molecule has 1 aromatic heterocycles. The summed E-state index contributed by atoms with van der Waals surface area (Å²) < 4.78 is 0. The van der Waals surface area contributed by atoms with Gasteiger partial charge < -0.3 is 10.7 Å². The van der Waals surface area contributed by atoms with Gasteiger partial charge in [0.2, 0.25) is 0 Å². The van der Waals surface area contributed by atoms with Gasteiger partial charge in [-0.2, -0.15) is 0 Å². The van der Waals surface area contributed by atoms with Crippen molar-refractivity contribution in [3.8, 4) is 11.4 Å². The molecule has 0 amide bonds.